The summed E-state index contributed by atoms with van der Waals surface area (Å²) in [6.45, 7) is 4.07. The van der Waals surface area contributed by atoms with Crippen molar-refractivity contribution >= 4 is 22.9 Å². The predicted octanol–water partition coefficient (Wildman–Crippen LogP) is 3.26. The number of likely N-dealkylation sites (N-methyl/N-ethyl adjacent to an activating group) is 1. The van der Waals surface area contributed by atoms with Crippen LogP contribution in [0.5, 0.6) is 0 Å². The van der Waals surface area contributed by atoms with Gasteiger partial charge in [0.1, 0.15) is 0 Å². The van der Waals surface area contributed by atoms with Crippen LogP contribution in [0.15, 0.2) is 12.1 Å². The summed E-state index contributed by atoms with van der Waals surface area (Å²) in [6.07, 6.45) is 0.854. The Labute approximate surface area is 117 Å². The minimum absolute atomic E-state index is 0.288. The van der Waals surface area contributed by atoms with Crippen molar-refractivity contribution in [2.75, 3.05) is 7.05 Å². The number of halogens is 1. The van der Waals surface area contributed by atoms with E-state index in [-0.39, 0.29) is 6.04 Å². The van der Waals surface area contributed by atoms with E-state index in [1.807, 2.05) is 37.0 Å². The van der Waals surface area contributed by atoms with Crippen LogP contribution in [0.1, 0.15) is 27.2 Å². The van der Waals surface area contributed by atoms with E-state index in [1.54, 1.807) is 0 Å². The maximum Gasteiger partial charge on any atom is 0.0847 e. The molecule has 2 rings (SSSR count). The SMILES string of the molecule is CNC(Cc1c(Cl)c(C)nn1C)c1ccc(C)s1. The second-order valence-electron chi connectivity index (χ2n) is 4.46. The highest BCUT2D eigenvalue weighted by molar-refractivity contribution is 7.12. The standard InChI is InChI=1S/C13H18ClN3S/c1-8-5-6-12(18-8)10(15-3)7-11-13(14)9(2)16-17(11)4/h5-6,10,15H,7H2,1-4H3. The van der Waals surface area contributed by atoms with Crippen molar-refractivity contribution in [2.24, 2.45) is 7.05 Å². The summed E-state index contributed by atoms with van der Waals surface area (Å²) in [6, 6.07) is 4.62. The van der Waals surface area contributed by atoms with E-state index >= 15 is 0 Å². The van der Waals surface area contributed by atoms with Crippen LogP contribution < -0.4 is 5.32 Å². The average molecular weight is 284 g/mol. The van der Waals surface area contributed by atoms with Gasteiger partial charge in [-0.3, -0.25) is 4.68 Å². The predicted molar refractivity (Wildman–Crippen MR) is 77.5 cm³/mol. The van der Waals surface area contributed by atoms with Crippen LogP contribution in [0.4, 0.5) is 0 Å². The molecule has 18 heavy (non-hydrogen) atoms. The van der Waals surface area contributed by atoms with Gasteiger partial charge in [0.15, 0.2) is 0 Å². The molecule has 0 fully saturated rings. The fourth-order valence-corrected chi connectivity index (χ4v) is 3.31. The molecule has 0 saturated heterocycles. The lowest BCUT2D eigenvalue weighted by Gasteiger charge is -2.15. The molecule has 2 heterocycles. The monoisotopic (exact) mass is 283 g/mol. The Morgan fingerprint density at radius 1 is 1.44 bits per heavy atom. The van der Waals surface area contributed by atoms with E-state index in [4.69, 9.17) is 11.6 Å². The Kier molecular flexibility index (Phi) is 4.10. The largest absolute Gasteiger partial charge is 0.312 e. The van der Waals surface area contributed by atoms with Gasteiger partial charge in [-0.15, -0.1) is 11.3 Å². The highest BCUT2D eigenvalue weighted by Crippen LogP contribution is 2.28. The molecule has 1 N–H and O–H groups in total. The van der Waals surface area contributed by atoms with Gasteiger partial charge in [-0.1, -0.05) is 11.6 Å². The van der Waals surface area contributed by atoms with Crippen LogP contribution in [0.25, 0.3) is 0 Å². The fraction of sp³-hybridized carbons (Fsp3) is 0.462. The first-order chi connectivity index (χ1) is 8.52. The number of aryl methyl sites for hydroxylation is 3. The smallest absolute Gasteiger partial charge is 0.0847 e. The lowest BCUT2D eigenvalue weighted by molar-refractivity contribution is 0.569. The van der Waals surface area contributed by atoms with E-state index in [0.717, 1.165) is 22.8 Å². The van der Waals surface area contributed by atoms with Gasteiger partial charge in [0.05, 0.1) is 16.4 Å². The summed E-state index contributed by atoms with van der Waals surface area (Å²) in [5.41, 5.74) is 1.98. The first kappa shape index (κ1) is 13.6. The van der Waals surface area contributed by atoms with Gasteiger partial charge >= 0.3 is 0 Å². The molecule has 0 aliphatic rings. The Balaban J connectivity index is 2.25. The van der Waals surface area contributed by atoms with Crippen molar-refractivity contribution in [3.05, 3.63) is 38.3 Å². The zero-order valence-electron chi connectivity index (χ0n) is 11.1. The van der Waals surface area contributed by atoms with Crippen LogP contribution in [0.3, 0.4) is 0 Å². The van der Waals surface area contributed by atoms with Crippen molar-refractivity contribution in [2.45, 2.75) is 26.3 Å². The molecule has 3 nitrogen and oxygen atoms in total. The highest BCUT2D eigenvalue weighted by atomic mass is 35.5. The van der Waals surface area contributed by atoms with Crippen molar-refractivity contribution in [1.29, 1.82) is 0 Å². The van der Waals surface area contributed by atoms with Crippen LogP contribution in [-0.4, -0.2) is 16.8 Å². The third-order valence-electron chi connectivity index (χ3n) is 3.11. The number of nitrogens with zero attached hydrogens (tertiary/aromatic N) is 2. The lowest BCUT2D eigenvalue weighted by Crippen LogP contribution is -2.19. The molecule has 0 bridgehead atoms. The number of rotatable bonds is 4. The first-order valence-corrected chi connectivity index (χ1v) is 7.14. The molecular formula is C13H18ClN3S. The normalized spacial score (nSPS) is 12.9. The molecule has 98 valence electrons. The zero-order valence-corrected chi connectivity index (χ0v) is 12.7. The number of nitrogens with one attached hydrogen (secondary N) is 1. The molecule has 0 spiro atoms. The first-order valence-electron chi connectivity index (χ1n) is 5.94. The summed E-state index contributed by atoms with van der Waals surface area (Å²) >= 11 is 8.12. The Morgan fingerprint density at radius 3 is 2.61 bits per heavy atom. The van der Waals surface area contributed by atoms with Gasteiger partial charge in [0.25, 0.3) is 0 Å². The van der Waals surface area contributed by atoms with Gasteiger partial charge in [0, 0.05) is 29.3 Å². The summed E-state index contributed by atoms with van der Waals surface area (Å²) in [5.74, 6) is 0. The van der Waals surface area contributed by atoms with Crippen LogP contribution in [0, 0.1) is 13.8 Å². The molecule has 0 aliphatic heterocycles. The highest BCUT2D eigenvalue weighted by Gasteiger charge is 2.18. The second kappa shape index (κ2) is 5.43. The Morgan fingerprint density at radius 2 is 2.17 bits per heavy atom. The molecule has 2 aromatic rings. The molecule has 1 unspecified atom stereocenters. The summed E-state index contributed by atoms with van der Waals surface area (Å²) in [4.78, 5) is 2.67. The molecule has 0 radical (unpaired) electrons. The van der Waals surface area contributed by atoms with Gasteiger partial charge in [-0.25, -0.2) is 0 Å². The third kappa shape index (κ3) is 2.60. The fourth-order valence-electron chi connectivity index (χ4n) is 2.08. The number of hydrogen-bond donors (Lipinski definition) is 1. The molecule has 5 heteroatoms. The molecule has 2 aromatic heterocycles. The minimum atomic E-state index is 0.288. The summed E-state index contributed by atoms with van der Waals surface area (Å²) in [5, 5.41) is 8.50. The van der Waals surface area contributed by atoms with Crippen LogP contribution in [-0.2, 0) is 13.5 Å². The van der Waals surface area contributed by atoms with E-state index in [2.05, 4.69) is 29.5 Å². The second-order valence-corrected chi connectivity index (χ2v) is 6.16. The van der Waals surface area contributed by atoms with E-state index in [1.165, 1.54) is 9.75 Å². The zero-order chi connectivity index (χ0) is 13.3. The Hall–Kier alpha value is -0.840. The van der Waals surface area contributed by atoms with Gasteiger partial charge in [0.2, 0.25) is 0 Å². The summed E-state index contributed by atoms with van der Waals surface area (Å²) < 4.78 is 1.88. The third-order valence-corrected chi connectivity index (χ3v) is 4.72. The van der Waals surface area contributed by atoms with Crippen molar-refractivity contribution < 1.29 is 0 Å². The molecule has 0 amide bonds. The number of thiophene rings is 1. The van der Waals surface area contributed by atoms with Gasteiger partial charge in [-0.05, 0) is 33.0 Å². The average Bonchev–Trinajstić information content (AvgIpc) is 2.84. The van der Waals surface area contributed by atoms with Crippen LogP contribution in [0.2, 0.25) is 5.02 Å². The quantitative estimate of drug-likeness (QED) is 0.933. The van der Waals surface area contributed by atoms with Gasteiger partial charge in [-0.2, -0.15) is 5.10 Å². The lowest BCUT2D eigenvalue weighted by atomic mass is 10.1. The molecule has 0 saturated carbocycles. The molecular weight excluding hydrogens is 266 g/mol. The number of hydrogen-bond acceptors (Lipinski definition) is 3. The number of aromatic nitrogens is 2. The molecule has 1 atom stereocenters. The van der Waals surface area contributed by atoms with E-state index in [0.29, 0.717) is 0 Å². The van der Waals surface area contributed by atoms with E-state index < -0.39 is 0 Å². The van der Waals surface area contributed by atoms with Crippen molar-refractivity contribution in [3.63, 3.8) is 0 Å². The maximum absolute atomic E-state index is 6.30. The topological polar surface area (TPSA) is 29.9 Å². The minimum Gasteiger partial charge on any atom is -0.312 e. The van der Waals surface area contributed by atoms with Crippen LogP contribution >= 0.6 is 22.9 Å². The molecule has 0 aliphatic carbocycles. The van der Waals surface area contributed by atoms with Crippen molar-refractivity contribution in [3.8, 4) is 0 Å². The Bertz CT molecular complexity index is 544. The summed E-state index contributed by atoms with van der Waals surface area (Å²) in [7, 11) is 3.93. The maximum atomic E-state index is 6.30. The van der Waals surface area contributed by atoms with E-state index in [9.17, 15) is 0 Å². The molecule has 0 aromatic carbocycles. The van der Waals surface area contributed by atoms with Gasteiger partial charge < -0.3 is 5.32 Å². The van der Waals surface area contributed by atoms with Crippen molar-refractivity contribution in [1.82, 2.24) is 15.1 Å².